The van der Waals surface area contributed by atoms with Gasteiger partial charge in [-0.15, -0.1) is 10.2 Å². The molecular weight excluding hydrogens is 374 g/mol. The van der Waals surface area contributed by atoms with E-state index in [0.717, 1.165) is 11.3 Å². The van der Waals surface area contributed by atoms with Crippen LogP contribution in [0.25, 0.3) is 10.6 Å². The van der Waals surface area contributed by atoms with Crippen LogP contribution in [0.5, 0.6) is 0 Å². The number of non-ortho nitro benzene ring substituents is 1. The highest BCUT2D eigenvalue weighted by molar-refractivity contribution is 7.91. The normalized spacial score (nSPS) is 11.4. The smallest absolute Gasteiger partial charge is 0.317 e. The topological polar surface area (TPSA) is 164 Å². The van der Waals surface area contributed by atoms with Gasteiger partial charge in [0, 0.05) is 30.8 Å². The van der Waals surface area contributed by atoms with Gasteiger partial charge in [-0.05, 0) is 12.1 Å². The van der Waals surface area contributed by atoms with Crippen LogP contribution >= 0.6 is 11.3 Å². The Kier molecular flexibility index (Phi) is 6.08. The monoisotopic (exact) mass is 387 g/mol. The molecule has 0 radical (unpaired) electrons. The lowest BCUT2D eigenvalue weighted by Crippen LogP contribution is -2.34. The molecule has 0 aliphatic heterocycles. The fourth-order valence-corrected chi connectivity index (χ4v) is 3.77. The summed E-state index contributed by atoms with van der Waals surface area (Å²) in [6.45, 7) is -0.146. The number of aromatic nitrogens is 2. The number of nitrogens with zero attached hydrogens (tertiary/aromatic N) is 3. The first kappa shape index (κ1) is 18.9. The van der Waals surface area contributed by atoms with Gasteiger partial charge in [-0.2, -0.15) is 0 Å². The van der Waals surface area contributed by atoms with E-state index in [1.807, 2.05) is 0 Å². The summed E-state index contributed by atoms with van der Waals surface area (Å²) in [5, 5.41) is 29.3. The van der Waals surface area contributed by atoms with E-state index < -0.39 is 20.9 Å². The summed E-state index contributed by atoms with van der Waals surface area (Å²) in [4.78, 5) is 20.4. The third-order valence-electron chi connectivity index (χ3n) is 2.83. The molecule has 0 bridgehead atoms. The molecule has 0 saturated heterocycles. The molecule has 0 spiro atoms. The fraction of sp³-hybridized carbons (Fsp3) is 0.250. The van der Waals surface area contributed by atoms with Crippen LogP contribution in [0.15, 0.2) is 28.6 Å². The van der Waals surface area contributed by atoms with Crippen LogP contribution in [-0.2, 0) is 14.8 Å². The maximum absolute atomic E-state index is 12.1. The zero-order valence-corrected chi connectivity index (χ0v) is 14.2. The second-order valence-corrected chi connectivity index (χ2v) is 7.56. The standard InChI is InChI=1S/C12H13N5O6S2/c18-10(19)7-13-5-6-14-25(22,23)12-16-15-11(24-12)8-1-3-9(4-2-8)17(20)21/h1-4,13-14H,5-7H2,(H,18,19). The number of rotatable bonds is 9. The Morgan fingerprint density at radius 1 is 1.24 bits per heavy atom. The quantitative estimate of drug-likeness (QED) is 0.306. The minimum Gasteiger partial charge on any atom is -0.480 e. The first-order chi connectivity index (χ1) is 11.8. The highest BCUT2D eigenvalue weighted by Crippen LogP contribution is 2.27. The van der Waals surface area contributed by atoms with Crippen molar-refractivity contribution < 1.29 is 23.2 Å². The maximum Gasteiger partial charge on any atom is 0.317 e. The molecule has 0 aliphatic carbocycles. The predicted octanol–water partition coefficient (Wildman–Crippen LogP) is 0.0658. The van der Waals surface area contributed by atoms with Gasteiger partial charge >= 0.3 is 5.97 Å². The molecule has 0 amide bonds. The van der Waals surface area contributed by atoms with Crippen molar-refractivity contribution in [2.24, 2.45) is 0 Å². The number of aliphatic carboxylic acids is 1. The molecule has 2 aromatic rings. The molecule has 13 heteroatoms. The Balaban J connectivity index is 2.01. The highest BCUT2D eigenvalue weighted by Gasteiger charge is 2.20. The van der Waals surface area contributed by atoms with Crippen molar-refractivity contribution in [2.75, 3.05) is 19.6 Å². The first-order valence-corrected chi connectivity index (χ1v) is 9.10. The number of hydrogen-bond acceptors (Lipinski definition) is 9. The molecule has 0 atom stereocenters. The Bertz CT molecular complexity index is 864. The lowest BCUT2D eigenvalue weighted by Gasteiger charge is -2.03. The summed E-state index contributed by atoms with van der Waals surface area (Å²) in [5.74, 6) is -1.04. The van der Waals surface area contributed by atoms with E-state index in [0.29, 0.717) is 10.6 Å². The Morgan fingerprint density at radius 3 is 2.52 bits per heavy atom. The number of sulfonamides is 1. The summed E-state index contributed by atoms with van der Waals surface area (Å²) in [5.41, 5.74) is 0.421. The van der Waals surface area contributed by atoms with E-state index in [9.17, 15) is 23.3 Å². The van der Waals surface area contributed by atoms with Crippen LogP contribution in [-0.4, -0.2) is 54.2 Å². The third-order valence-corrected chi connectivity index (χ3v) is 5.63. The molecule has 0 saturated carbocycles. The van der Waals surface area contributed by atoms with Crippen molar-refractivity contribution in [3.8, 4) is 10.6 Å². The van der Waals surface area contributed by atoms with Gasteiger partial charge < -0.3 is 10.4 Å². The number of benzene rings is 1. The van der Waals surface area contributed by atoms with Gasteiger partial charge in [0.25, 0.3) is 15.7 Å². The SMILES string of the molecule is O=C(O)CNCCNS(=O)(=O)c1nnc(-c2ccc([N+](=O)[O-])cc2)s1. The average Bonchev–Trinajstić information content (AvgIpc) is 3.05. The molecule has 25 heavy (non-hydrogen) atoms. The molecule has 0 fully saturated rings. The van der Waals surface area contributed by atoms with E-state index in [2.05, 4.69) is 20.2 Å². The lowest BCUT2D eigenvalue weighted by molar-refractivity contribution is -0.384. The van der Waals surface area contributed by atoms with E-state index in [4.69, 9.17) is 5.11 Å². The van der Waals surface area contributed by atoms with Crippen LogP contribution in [0.2, 0.25) is 0 Å². The highest BCUT2D eigenvalue weighted by atomic mass is 32.2. The predicted molar refractivity (Wildman–Crippen MR) is 87.7 cm³/mol. The van der Waals surface area contributed by atoms with Crippen molar-refractivity contribution in [3.63, 3.8) is 0 Å². The maximum atomic E-state index is 12.1. The second kappa shape index (κ2) is 8.06. The number of hydrogen-bond donors (Lipinski definition) is 3. The summed E-state index contributed by atoms with van der Waals surface area (Å²) in [7, 11) is -3.87. The molecule has 1 heterocycles. The van der Waals surface area contributed by atoms with Crippen LogP contribution in [0.1, 0.15) is 0 Å². The van der Waals surface area contributed by atoms with Gasteiger partial charge in [-0.25, -0.2) is 13.1 Å². The Labute approximate surface area is 145 Å². The molecule has 1 aromatic heterocycles. The van der Waals surface area contributed by atoms with E-state index in [1.54, 1.807) is 0 Å². The summed E-state index contributed by atoms with van der Waals surface area (Å²) in [6, 6.07) is 5.49. The molecule has 0 aliphatic rings. The third kappa shape index (κ3) is 5.25. The van der Waals surface area contributed by atoms with Gasteiger partial charge in [0.15, 0.2) is 0 Å². The van der Waals surface area contributed by atoms with Crippen molar-refractivity contribution in [1.82, 2.24) is 20.2 Å². The van der Waals surface area contributed by atoms with Crippen LogP contribution < -0.4 is 10.0 Å². The van der Waals surface area contributed by atoms with Gasteiger partial charge in [-0.3, -0.25) is 14.9 Å². The lowest BCUT2D eigenvalue weighted by atomic mass is 10.2. The van der Waals surface area contributed by atoms with Gasteiger partial charge in [0.1, 0.15) is 5.01 Å². The fourth-order valence-electron chi connectivity index (χ4n) is 1.69. The Hall–Kier alpha value is -2.48. The largest absolute Gasteiger partial charge is 0.480 e. The van der Waals surface area contributed by atoms with E-state index in [-0.39, 0.29) is 29.7 Å². The number of nitrogens with one attached hydrogen (secondary N) is 2. The summed E-state index contributed by atoms with van der Waals surface area (Å²) >= 11 is 0.819. The minimum atomic E-state index is -3.87. The number of carbonyl (C=O) groups is 1. The molecule has 134 valence electrons. The zero-order valence-electron chi connectivity index (χ0n) is 12.6. The van der Waals surface area contributed by atoms with Gasteiger partial charge in [0.05, 0.1) is 11.5 Å². The van der Waals surface area contributed by atoms with Crippen molar-refractivity contribution in [1.29, 1.82) is 0 Å². The molecule has 0 unspecified atom stereocenters. The first-order valence-electron chi connectivity index (χ1n) is 6.80. The van der Waals surface area contributed by atoms with Crippen molar-refractivity contribution in [2.45, 2.75) is 4.34 Å². The van der Waals surface area contributed by atoms with Crippen LogP contribution in [0.3, 0.4) is 0 Å². The molecule has 2 rings (SSSR count). The average molecular weight is 387 g/mol. The second-order valence-electron chi connectivity index (χ2n) is 4.65. The molecular formula is C12H13N5O6S2. The summed E-state index contributed by atoms with van der Waals surface area (Å²) in [6.07, 6.45) is 0. The number of nitro benzene ring substituents is 1. The number of carboxylic acid groups (broad SMARTS) is 1. The van der Waals surface area contributed by atoms with Crippen LogP contribution in [0.4, 0.5) is 5.69 Å². The number of nitro groups is 1. The van der Waals surface area contributed by atoms with E-state index in [1.165, 1.54) is 24.3 Å². The zero-order chi connectivity index (χ0) is 18.4. The molecule has 3 N–H and O–H groups in total. The van der Waals surface area contributed by atoms with Gasteiger partial charge in [-0.1, -0.05) is 11.3 Å². The van der Waals surface area contributed by atoms with E-state index >= 15 is 0 Å². The summed E-state index contributed by atoms with van der Waals surface area (Å²) < 4.78 is 26.2. The molecule has 11 nitrogen and oxygen atoms in total. The minimum absolute atomic E-state index is 0.0118. The van der Waals surface area contributed by atoms with Crippen molar-refractivity contribution in [3.05, 3.63) is 34.4 Å². The van der Waals surface area contributed by atoms with Crippen LogP contribution in [0, 0.1) is 10.1 Å². The van der Waals surface area contributed by atoms with Crippen molar-refractivity contribution >= 4 is 33.0 Å². The number of carboxylic acids is 1. The molecule has 1 aromatic carbocycles. The van der Waals surface area contributed by atoms with Gasteiger partial charge in [0.2, 0.25) is 4.34 Å². The Morgan fingerprint density at radius 2 is 1.92 bits per heavy atom.